The normalized spacial score (nSPS) is 16.2. The Balaban J connectivity index is 2.19. The fourth-order valence-electron chi connectivity index (χ4n) is 2.30. The molecule has 0 spiro atoms. The van der Waals surface area contributed by atoms with Crippen molar-refractivity contribution in [3.63, 3.8) is 0 Å². The van der Waals surface area contributed by atoms with Gasteiger partial charge >= 0.3 is 0 Å². The van der Waals surface area contributed by atoms with Gasteiger partial charge in [0.15, 0.2) is 0 Å². The topological polar surface area (TPSA) is 37.4 Å². The molecule has 0 aromatic heterocycles. The van der Waals surface area contributed by atoms with E-state index in [0.717, 1.165) is 12.8 Å². The summed E-state index contributed by atoms with van der Waals surface area (Å²) in [5, 5.41) is 0. The molecule has 1 aromatic rings. The quantitative estimate of drug-likeness (QED) is 0.747. The van der Waals surface area contributed by atoms with E-state index in [0.29, 0.717) is 23.6 Å². The van der Waals surface area contributed by atoms with Gasteiger partial charge in [-0.3, -0.25) is 14.5 Å². The van der Waals surface area contributed by atoms with Gasteiger partial charge in [0, 0.05) is 6.54 Å². The van der Waals surface area contributed by atoms with Crippen molar-refractivity contribution in [3.8, 4) is 0 Å². The van der Waals surface area contributed by atoms with Crippen LogP contribution in [0, 0.1) is 5.92 Å². The molecule has 0 radical (unpaired) electrons. The minimum absolute atomic E-state index is 0.145. The maximum atomic E-state index is 12.1. The van der Waals surface area contributed by atoms with Gasteiger partial charge in [0.2, 0.25) is 0 Å². The molecule has 3 nitrogen and oxygen atoms in total. The van der Waals surface area contributed by atoms with Crippen LogP contribution in [0.15, 0.2) is 24.3 Å². The molecule has 0 saturated carbocycles. The molecular weight excluding hydrogens is 214 g/mol. The molecule has 17 heavy (non-hydrogen) atoms. The van der Waals surface area contributed by atoms with E-state index in [1.54, 1.807) is 24.3 Å². The molecule has 0 aliphatic carbocycles. The summed E-state index contributed by atoms with van der Waals surface area (Å²) < 4.78 is 0. The summed E-state index contributed by atoms with van der Waals surface area (Å²) in [6.45, 7) is 4.71. The number of hydrogen-bond donors (Lipinski definition) is 0. The molecule has 1 heterocycles. The minimum Gasteiger partial charge on any atom is -0.274 e. The fraction of sp³-hybridized carbons (Fsp3) is 0.429. The zero-order valence-electron chi connectivity index (χ0n) is 10.3. The van der Waals surface area contributed by atoms with Crippen LogP contribution in [0.4, 0.5) is 0 Å². The highest BCUT2D eigenvalue weighted by Gasteiger charge is 2.35. The van der Waals surface area contributed by atoms with Crippen LogP contribution in [-0.4, -0.2) is 23.3 Å². The van der Waals surface area contributed by atoms with E-state index >= 15 is 0 Å². The monoisotopic (exact) mass is 231 g/mol. The largest absolute Gasteiger partial charge is 0.274 e. The standard InChI is InChI=1S/C14H17NO2/c1-3-6-10(2)9-15-13(16)11-7-4-5-8-12(11)14(15)17/h4-5,7-8,10H,3,6,9H2,1-2H3. The van der Waals surface area contributed by atoms with Crippen LogP contribution in [0.2, 0.25) is 0 Å². The second-order valence-corrected chi connectivity index (χ2v) is 4.66. The Labute approximate surface area is 101 Å². The average Bonchev–Trinajstić information content (AvgIpc) is 2.56. The van der Waals surface area contributed by atoms with E-state index in [1.807, 2.05) is 0 Å². The van der Waals surface area contributed by atoms with Crippen LogP contribution in [0.1, 0.15) is 47.4 Å². The first-order chi connectivity index (χ1) is 8.15. The van der Waals surface area contributed by atoms with E-state index < -0.39 is 0 Å². The summed E-state index contributed by atoms with van der Waals surface area (Å²) in [5.41, 5.74) is 1.09. The number of rotatable bonds is 4. The highest BCUT2D eigenvalue weighted by molar-refractivity contribution is 6.21. The van der Waals surface area contributed by atoms with Gasteiger partial charge in [-0.05, 0) is 24.5 Å². The van der Waals surface area contributed by atoms with Crippen molar-refractivity contribution >= 4 is 11.8 Å². The summed E-state index contributed by atoms with van der Waals surface area (Å²) >= 11 is 0. The van der Waals surface area contributed by atoms with Gasteiger partial charge in [-0.2, -0.15) is 0 Å². The van der Waals surface area contributed by atoms with Gasteiger partial charge in [0.25, 0.3) is 11.8 Å². The van der Waals surface area contributed by atoms with Crippen molar-refractivity contribution in [2.75, 3.05) is 6.54 Å². The first-order valence-electron chi connectivity index (χ1n) is 6.10. The molecule has 2 amide bonds. The van der Waals surface area contributed by atoms with Crippen molar-refractivity contribution in [1.29, 1.82) is 0 Å². The zero-order chi connectivity index (χ0) is 12.4. The number of carbonyl (C=O) groups excluding carboxylic acids is 2. The van der Waals surface area contributed by atoms with Crippen molar-refractivity contribution in [3.05, 3.63) is 35.4 Å². The summed E-state index contributed by atoms with van der Waals surface area (Å²) in [5.74, 6) is 0.0734. The molecule has 0 bridgehead atoms. The Morgan fingerprint density at radius 3 is 2.12 bits per heavy atom. The van der Waals surface area contributed by atoms with Crippen molar-refractivity contribution in [2.45, 2.75) is 26.7 Å². The smallest absolute Gasteiger partial charge is 0.261 e. The summed E-state index contributed by atoms with van der Waals surface area (Å²) in [6.07, 6.45) is 2.11. The maximum absolute atomic E-state index is 12.1. The molecular formula is C14H17NO2. The maximum Gasteiger partial charge on any atom is 0.261 e. The second kappa shape index (κ2) is 4.70. The SMILES string of the molecule is CCCC(C)CN1C(=O)c2ccccc2C1=O. The molecule has 1 aliphatic rings. The first-order valence-corrected chi connectivity index (χ1v) is 6.10. The lowest BCUT2D eigenvalue weighted by Gasteiger charge is -2.18. The van der Waals surface area contributed by atoms with Crippen molar-refractivity contribution < 1.29 is 9.59 Å². The third-order valence-corrected chi connectivity index (χ3v) is 3.15. The van der Waals surface area contributed by atoms with E-state index in [9.17, 15) is 9.59 Å². The Kier molecular flexibility index (Phi) is 3.27. The average molecular weight is 231 g/mol. The number of fused-ring (bicyclic) bond motifs is 1. The summed E-state index contributed by atoms with van der Waals surface area (Å²) in [6, 6.07) is 7.03. The van der Waals surface area contributed by atoms with Crippen molar-refractivity contribution in [2.24, 2.45) is 5.92 Å². The minimum atomic E-state index is -0.145. The van der Waals surface area contributed by atoms with Gasteiger partial charge < -0.3 is 0 Å². The van der Waals surface area contributed by atoms with E-state index in [-0.39, 0.29) is 11.8 Å². The lowest BCUT2D eigenvalue weighted by Crippen LogP contribution is -2.33. The summed E-state index contributed by atoms with van der Waals surface area (Å²) in [4.78, 5) is 25.5. The lowest BCUT2D eigenvalue weighted by atomic mass is 10.1. The number of hydrogen-bond acceptors (Lipinski definition) is 2. The van der Waals surface area contributed by atoms with Gasteiger partial charge in [0.1, 0.15) is 0 Å². The third kappa shape index (κ3) is 2.09. The van der Waals surface area contributed by atoms with E-state index in [1.165, 1.54) is 4.90 Å². The number of amides is 2. The second-order valence-electron chi connectivity index (χ2n) is 4.66. The van der Waals surface area contributed by atoms with Gasteiger partial charge in [-0.25, -0.2) is 0 Å². The highest BCUT2D eigenvalue weighted by Crippen LogP contribution is 2.23. The molecule has 0 fully saturated rings. The molecule has 1 atom stereocenters. The molecule has 2 rings (SSSR count). The molecule has 3 heteroatoms. The Morgan fingerprint density at radius 1 is 1.12 bits per heavy atom. The molecule has 1 unspecified atom stereocenters. The Hall–Kier alpha value is -1.64. The Morgan fingerprint density at radius 2 is 1.65 bits per heavy atom. The molecule has 0 N–H and O–H groups in total. The number of carbonyl (C=O) groups is 2. The highest BCUT2D eigenvalue weighted by atomic mass is 16.2. The van der Waals surface area contributed by atoms with Crippen LogP contribution in [0.5, 0.6) is 0 Å². The fourth-order valence-corrected chi connectivity index (χ4v) is 2.30. The Bertz CT molecular complexity index is 418. The van der Waals surface area contributed by atoms with Gasteiger partial charge in [-0.1, -0.05) is 32.4 Å². The molecule has 0 saturated heterocycles. The predicted octanol–water partition coefficient (Wildman–Crippen LogP) is 2.72. The molecule has 90 valence electrons. The summed E-state index contributed by atoms with van der Waals surface area (Å²) in [7, 11) is 0. The first kappa shape index (κ1) is 11.8. The lowest BCUT2D eigenvalue weighted by molar-refractivity contribution is 0.0630. The van der Waals surface area contributed by atoms with Crippen LogP contribution >= 0.6 is 0 Å². The number of nitrogens with zero attached hydrogens (tertiary/aromatic N) is 1. The molecule has 1 aliphatic heterocycles. The third-order valence-electron chi connectivity index (χ3n) is 3.15. The molecule has 1 aromatic carbocycles. The van der Waals surface area contributed by atoms with Gasteiger partial charge in [-0.15, -0.1) is 0 Å². The number of benzene rings is 1. The van der Waals surface area contributed by atoms with Crippen molar-refractivity contribution in [1.82, 2.24) is 4.90 Å². The van der Waals surface area contributed by atoms with Crippen LogP contribution in [0.3, 0.4) is 0 Å². The van der Waals surface area contributed by atoms with Crippen LogP contribution < -0.4 is 0 Å². The predicted molar refractivity (Wildman–Crippen MR) is 65.9 cm³/mol. The van der Waals surface area contributed by atoms with E-state index in [2.05, 4.69) is 13.8 Å². The van der Waals surface area contributed by atoms with Crippen LogP contribution in [0.25, 0.3) is 0 Å². The van der Waals surface area contributed by atoms with Crippen LogP contribution in [-0.2, 0) is 0 Å². The van der Waals surface area contributed by atoms with E-state index in [4.69, 9.17) is 0 Å². The van der Waals surface area contributed by atoms with Gasteiger partial charge in [0.05, 0.1) is 11.1 Å². The zero-order valence-corrected chi connectivity index (χ0v) is 10.3. The number of imide groups is 1.